The van der Waals surface area contributed by atoms with E-state index < -0.39 is 97.5 Å². The van der Waals surface area contributed by atoms with Crippen LogP contribution in [-0.2, 0) is 65.4 Å². The van der Waals surface area contributed by atoms with Crippen molar-refractivity contribution in [3.8, 4) is 0 Å². The molecule has 0 radical (unpaired) electrons. The number of unbranched alkanes of at least 4 members (excludes halogenated alkanes) is 43. The molecule has 5 atom stereocenters. The van der Waals surface area contributed by atoms with Gasteiger partial charge >= 0.3 is 39.5 Å². The average molecular weight is 1480 g/mol. The molecular formula is C83H152O17P2. The van der Waals surface area contributed by atoms with E-state index >= 15 is 0 Å². The molecule has 3 N–H and O–H groups in total. The highest BCUT2D eigenvalue weighted by Crippen LogP contribution is 2.45. The standard InChI is InChI=1S/C83H152O17P2/c1-5-9-13-17-21-25-29-33-36-37-38-39-42-45-48-52-56-60-64-68-81(86)94-74-79(100-83(88)70-66-62-58-54-50-46-41-35-31-27-23-19-15-11-7-3)76-98-102(91,92)96-72-77(84)71-95-101(89,90)97-75-78(99-82(87)69-65-61-57-53-49-43-32-28-24-20-16-12-8-4)73-93-80(85)67-63-59-55-51-47-44-40-34-30-26-22-18-14-10-6-2/h21,23,25,27,33,35-36,38-39,41,77-79,84H,5-20,22,24,26,28-32,34,37,40,42-76H2,1-4H3,(H,89,90)(H,91,92)/b25-21-,27-23-,36-33-,39-38-,41-35-. The lowest BCUT2D eigenvalue weighted by molar-refractivity contribution is -0.161. The van der Waals surface area contributed by atoms with Crippen molar-refractivity contribution in [1.29, 1.82) is 0 Å². The van der Waals surface area contributed by atoms with Crippen LogP contribution in [0.25, 0.3) is 0 Å². The zero-order valence-electron chi connectivity index (χ0n) is 65.3. The average Bonchev–Trinajstić information content (AvgIpc) is 0.924. The number of allylic oxidation sites excluding steroid dienone is 10. The first-order chi connectivity index (χ1) is 49.7. The van der Waals surface area contributed by atoms with Crippen molar-refractivity contribution in [2.24, 2.45) is 0 Å². The van der Waals surface area contributed by atoms with E-state index in [0.29, 0.717) is 25.7 Å². The molecule has 0 aliphatic carbocycles. The highest BCUT2D eigenvalue weighted by molar-refractivity contribution is 7.47. The van der Waals surface area contributed by atoms with E-state index in [0.717, 1.165) is 148 Å². The van der Waals surface area contributed by atoms with Gasteiger partial charge in [-0.05, 0) is 96.3 Å². The Labute approximate surface area is 622 Å². The second-order valence-corrected chi connectivity index (χ2v) is 31.0. The van der Waals surface area contributed by atoms with Crippen molar-refractivity contribution in [2.75, 3.05) is 39.6 Å². The van der Waals surface area contributed by atoms with Gasteiger partial charge in [0.1, 0.15) is 19.3 Å². The van der Waals surface area contributed by atoms with Gasteiger partial charge in [0.05, 0.1) is 26.4 Å². The first-order valence-corrected chi connectivity index (χ1v) is 44.5. The normalized spacial score (nSPS) is 14.1. The van der Waals surface area contributed by atoms with E-state index in [1.165, 1.54) is 161 Å². The fraction of sp³-hybridized carbons (Fsp3) is 0.831. The van der Waals surface area contributed by atoms with Crippen LogP contribution in [0.1, 0.15) is 387 Å². The second-order valence-electron chi connectivity index (χ2n) is 28.1. The molecule has 0 aromatic rings. The molecule has 19 heteroatoms. The fourth-order valence-corrected chi connectivity index (χ4v) is 13.2. The predicted octanol–water partition coefficient (Wildman–Crippen LogP) is 24.2. The Morgan fingerprint density at radius 3 is 0.755 bits per heavy atom. The van der Waals surface area contributed by atoms with Crippen molar-refractivity contribution in [3.63, 3.8) is 0 Å². The summed E-state index contributed by atoms with van der Waals surface area (Å²) in [6.45, 7) is 4.88. The van der Waals surface area contributed by atoms with Crippen LogP contribution in [-0.4, -0.2) is 96.7 Å². The van der Waals surface area contributed by atoms with Crippen molar-refractivity contribution < 1.29 is 80.2 Å². The summed E-state index contributed by atoms with van der Waals surface area (Å²) in [5.74, 6) is -2.16. The minimum absolute atomic E-state index is 0.0796. The maximum absolute atomic E-state index is 13.1. The quantitative estimate of drug-likeness (QED) is 0.0169. The van der Waals surface area contributed by atoms with Crippen LogP contribution >= 0.6 is 15.6 Å². The SMILES string of the molecule is CCCCC/C=C\C/C=C\C/C=C\CCCCCCCCC(=O)OCC(COP(=O)(O)OCC(O)COP(=O)(O)OCC(COC(=O)CCCCCCCCCCCCCCCCC)OC(=O)CCCCCCCCCCCCCCC)OC(=O)CCCCCCC/C=C\C/C=C\CCCCC. The zero-order valence-corrected chi connectivity index (χ0v) is 67.1. The Morgan fingerprint density at radius 1 is 0.275 bits per heavy atom. The number of aliphatic hydroxyl groups is 1. The minimum atomic E-state index is -4.98. The van der Waals surface area contributed by atoms with Crippen molar-refractivity contribution >= 4 is 39.5 Å². The molecule has 0 saturated carbocycles. The number of carbonyl (C=O) groups excluding carboxylic acids is 4. The molecule has 0 aromatic carbocycles. The van der Waals surface area contributed by atoms with Crippen LogP contribution in [0.4, 0.5) is 0 Å². The van der Waals surface area contributed by atoms with Crippen LogP contribution < -0.4 is 0 Å². The van der Waals surface area contributed by atoms with Gasteiger partial charge in [0.15, 0.2) is 12.2 Å². The zero-order chi connectivity index (χ0) is 74.6. The van der Waals surface area contributed by atoms with Gasteiger partial charge in [0, 0.05) is 25.7 Å². The summed E-state index contributed by atoms with van der Waals surface area (Å²) in [5, 5.41) is 10.6. The minimum Gasteiger partial charge on any atom is -0.462 e. The lowest BCUT2D eigenvalue weighted by Gasteiger charge is -2.21. The van der Waals surface area contributed by atoms with E-state index in [1.54, 1.807) is 0 Å². The molecule has 17 nitrogen and oxygen atoms in total. The van der Waals surface area contributed by atoms with Crippen LogP contribution in [0.5, 0.6) is 0 Å². The Balaban J connectivity index is 5.32. The summed E-state index contributed by atoms with van der Waals surface area (Å²) in [6.07, 6.45) is 76.1. The molecule has 0 fully saturated rings. The number of phosphoric ester groups is 2. The topological polar surface area (TPSA) is 237 Å². The van der Waals surface area contributed by atoms with Gasteiger partial charge < -0.3 is 33.8 Å². The third-order valence-electron chi connectivity index (χ3n) is 18.0. The summed E-state index contributed by atoms with van der Waals surface area (Å²) in [5.41, 5.74) is 0. The Hall–Kier alpha value is -3.24. The molecule has 0 saturated heterocycles. The van der Waals surface area contributed by atoms with Crippen molar-refractivity contribution in [3.05, 3.63) is 60.8 Å². The van der Waals surface area contributed by atoms with E-state index in [-0.39, 0.29) is 25.7 Å². The molecule has 5 unspecified atom stereocenters. The highest BCUT2D eigenvalue weighted by atomic mass is 31.2. The van der Waals surface area contributed by atoms with E-state index in [9.17, 15) is 43.2 Å². The maximum Gasteiger partial charge on any atom is 0.472 e. The number of hydrogen-bond acceptors (Lipinski definition) is 15. The lowest BCUT2D eigenvalue weighted by Crippen LogP contribution is -2.30. The molecule has 0 spiro atoms. The third-order valence-corrected chi connectivity index (χ3v) is 19.9. The third kappa shape index (κ3) is 75.0. The molecule has 0 aromatic heterocycles. The highest BCUT2D eigenvalue weighted by Gasteiger charge is 2.30. The van der Waals surface area contributed by atoms with E-state index in [2.05, 4.69) is 88.5 Å². The summed E-state index contributed by atoms with van der Waals surface area (Å²) < 4.78 is 68.7. The summed E-state index contributed by atoms with van der Waals surface area (Å²) in [6, 6.07) is 0. The van der Waals surface area contributed by atoms with Gasteiger partial charge in [-0.2, -0.15) is 0 Å². The van der Waals surface area contributed by atoms with Gasteiger partial charge in [-0.15, -0.1) is 0 Å². The van der Waals surface area contributed by atoms with E-state index in [1.807, 2.05) is 0 Å². The number of rotatable bonds is 79. The number of carbonyl (C=O) groups is 4. The van der Waals surface area contributed by atoms with Crippen molar-refractivity contribution in [2.45, 2.75) is 406 Å². The Morgan fingerprint density at radius 2 is 0.480 bits per heavy atom. The summed E-state index contributed by atoms with van der Waals surface area (Å²) in [4.78, 5) is 73.1. The van der Waals surface area contributed by atoms with Crippen LogP contribution in [0.3, 0.4) is 0 Å². The fourth-order valence-electron chi connectivity index (χ4n) is 11.6. The van der Waals surface area contributed by atoms with Crippen LogP contribution in [0.15, 0.2) is 60.8 Å². The van der Waals surface area contributed by atoms with Gasteiger partial charge in [-0.3, -0.25) is 37.3 Å². The number of aliphatic hydroxyl groups excluding tert-OH is 1. The smallest absolute Gasteiger partial charge is 0.462 e. The molecule has 0 aliphatic rings. The largest absolute Gasteiger partial charge is 0.472 e. The number of hydrogen-bond donors (Lipinski definition) is 3. The molecule has 596 valence electrons. The van der Waals surface area contributed by atoms with Crippen LogP contribution in [0.2, 0.25) is 0 Å². The molecule has 0 bridgehead atoms. The molecule has 0 rings (SSSR count). The number of phosphoric acid groups is 2. The summed E-state index contributed by atoms with van der Waals surface area (Å²) in [7, 11) is -9.95. The molecule has 0 aliphatic heterocycles. The predicted molar refractivity (Wildman–Crippen MR) is 418 cm³/mol. The van der Waals surface area contributed by atoms with Gasteiger partial charge in [-0.1, -0.05) is 326 Å². The Kier molecular flexibility index (Phi) is 73.6. The maximum atomic E-state index is 13.1. The van der Waals surface area contributed by atoms with Gasteiger partial charge in [0.2, 0.25) is 0 Å². The second kappa shape index (κ2) is 76.0. The van der Waals surface area contributed by atoms with E-state index in [4.69, 9.17) is 37.0 Å². The Bertz CT molecular complexity index is 2170. The van der Waals surface area contributed by atoms with Crippen molar-refractivity contribution in [1.82, 2.24) is 0 Å². The van der Waals surface area contributed by atoms with Gasteiger partial charge in [-0.25, -0.2) is 9.13 Å². The molecule has 102 heavy (non-hydrogen) atoms. The van der Waals surface area contributed by atoms with Crippen LogP contribution in [0, 0.1) is 0 Å². The first kappa shape index (κ1) is 98.8. The first-order valence-electron chi connectivity index (χ1n) is 41.5. The number of ether oxygens (including phenoxy) is 4. The number of esters is 4. The molecule has 0 amide bonds. The molecular weight excluding hydrogens is 1330 g/mol. The van der Waals surface area contributed by atoms with Gasteiger partial charge in [0.25, 0.3) is 0 Å². The monoisotopic (exact) mass is 1480 g/mol. The lowest BCUT2D eigenvalue weighted by atomic mass is 10.0. The molecule has 0 heterocycles. The summed E-state index contributed by atoms with van der Waals surface area (Å²) >= 11 is 0.